The summed E-state index contributed by atoms with van der Waals surface area (Å²) in [4.78, 5) is 34.8. The number of amides is 2. The van der Waals surface area contributed by atoms with Gasteiger partial charge in [-0.05, 0) is 52.2 Å². The van der Waals surface area contributed by atoms with Crippen molar-refractivity contribution in [3.05, 3.63) is 35.9 Å². The fourth-order valence-corrected chi connectivity index (χ4v) is 2.07. The molecule has 7 heteroatoms. The van der Waals surface area contributed by atoms with E-state index in [1.807, 2.05) is 0 Å². The minimum absolute atomic E-state index is 0.282. The zero-order valence-electron chi connectivity index (χ0n) is 14.9. The average Bonchev–Trinajstić information content (AvgIpc) is 2.52. The summed E-state index contributed by atoms with van der Waals surface area (Å²) in [5, 5.41) is 14.4. The van der Waals surface area contributed by atoms with E-state index < -0.39 is 29.6 Å². The van der Waals surface area contributed by atoms with Crippen molar-refractivity contribution in [1.82, 2.24) is 10.6 Å². The van der Waals surface area contributed by atoms with E-state index in [2.05, 4.69) is 10.6 Å². The van der Waals surface area contributed by atoms with Crippen molar-refractivity contribution in [1.29, 1.82) is 0 Å². The van der Waals surface area contributed by atoms with Crippen molar-refractivity contribution < 1.29 is 24.2 Å². The molecule has 1 atom stereocenters. The minimum Gasteiger partial charge on any atom is -0.480 e. The average molecular weight is 350 g/mol. The lowest BCUT2D eigenvalue weighted by molar-refractivity contribution is -0.139. The van der Waals surface area contributed by atoms with Gasteiger partial charge in [-0.2, -0.15) is 0 Å². The Morgan fingerprint density at radius 1 is 1.12 bits per heavy atom. The number of carboxylic acid groups (broad SMARTS) is 1. The van der Waals surface area contributed by atoms with Crippen LogP contribution >= 0.6 is 0 Å². The Morgan fingerprint density at radius 2 is 1.76 bits per heavy atom. The molecular weight excluding hydrogens is 324 g/mol. The largest absolute Gasteiger partial charge is 0.480 e. The number of carbonyl (C=O) groups is 3. The molecule has 2 amide bonds. The number of nitrogens with one attached hydrogen (secondary N) is 2. The van der Waals surface area contributed by atoms with Gasteiger partial charge in [0.05, 0.1) is 0 Å². The Hall–Kier alpha value is -2.57. The van der Waals surface area contributed by atoms with Crippen LogP contribution in [0.1, 0.15) is 50.4 Å². The zero-order valence-corrected chi connectivity index (χ0v) is 14.9. The number of unbranched alkanes of at least 4 members (excludes halogenated alkanes) is 1. The topological polar surface area (TPSA) is 105 Å². The van der Waals surface area contributed by atoms with Crippen molar-refractivity contribution in [3.63, 3.8) is 0 Å². The number of benzene rings is 1. The molecule has 0 saturated carbocycles. The first-order chi connectivity index (χ1) is 11.7. The highest BCUT2D eigenvalue weighted by molar-refractivity contribution is 5.96. The molecule has 0 aromatic heterocycles. The van der Waals surface area contributed by atoms with E-state index in [1.165, 1.54) is 0 Å². The van der Waals surface area contributed by atoms with Crippen LogP contribution in [0.5, 0.6) is 0 Å². The number of rotatable bonds is 8. The number of aliphatic carboxylic acids is 1. The Bertz CT molecular complexity index is 581. The second-order valence-electron chi connectivity index (χ2n) is 6.65. The summed E-state index contributed by atoms with van der Waals surface area (Å²) >= 11 is 0. The van der Waals surface area contributed by atoms with E-state index in [9.17, 15) is 19.5 Å². The number of hydrogen-bond acceptors (Lipinski definition) is 4. The first kappa shape index (κ1) is 20.5. The normalized spacial score (nSPS) is 12.1. The number of carbonyl (C=O) groups excluding carboxylic acids is 2. The molecule has 0 aliphatic carbocycles. The minimum atomic E-state index is -1.08. The van der Waals surface area contributed by atoms with Crippen LogP contribution in [0.2, 0.25) is 0 Å². The molecule has 0 bridgehead atoms. The van der Waals surface area contributed by atoms with Crippen LogP contribution in [-0.2, 0) is 9.53 Å². The number of alkyl carbamates (subject to hydrolysis) is 1. The molecule has 7 nitrogen and oxygen atoms in total. The summed E-state index contributed by atoms with van der Waals surface area (Å²) in [5.74, 6) is -1.50. The second kappa shape index (κ2) is 9.66. The summed E-state index contributed by atoms with van der Waals surface area (Å²) in [6.45, 7) is 5.71. The molecule has 0 radical (unpaired) electrons. The van der Waals surface area contributed by atoms with Gasteiger partial charge in [0.2, 0.25) is 0 Å². The van der Waals surface area contributed by atoms with Crippen molar-refractivity contribution in [2.45, 2.75) is 51.7 Å². The maximum absolute atomic E-state index is 12.0. The summed E-state index contributed by atoms with van der Waals surface area (Å²) < 4.78 is 5.10. The molecule has 1 aromatic carbocycles. The third kappa shape index (κ3) is 8.74. The van der Waals surface area contributed by atoms with Crippen LogP contribution < -0.4 is 10.6 Å². The van der Waals surface area contributed by atoms with Crippen LogP contribution in [0.4, 0.5) is 4.79 Å². The van der Waals surface area contributed by atoms with E-state index in [0.29, 0.717) is 24.9 Å². The summed E-state index contributed by atoms with van der Waals surface area (Å²) in [6.07, 6.45) is 0.912. The Kier molecular flexibility index (Phi) is 7.91. The molecular formula is C18H26N2O5. The van der Waals surface area contributed by atoms with Gasteiger partial charge in [-0.25, -0.2) is 9.59 Å². The molecule has 0 aliphatic rings. The molecule has 1 unspecified atom stereocenters. The van der Waals surface area contributed by atoms with Crippen LogP contribution in [0, 0.1) is 0 Å². The van der Waals surface area contributed by atoms with Crippen LogP contribution in [0.15, 0.2) is 30.3 Å². The molecule has 1 rings (SSSR count). The van der Waals surface area contributed by atoms with Gasteiger partial charge in [0.1, 0.15) is 11.6 Å². The van der Waals surface area contributed by atoms with Crippen molar-refractivity contribution in [3.8, 4) is 0 Å². The van der Waals surface area contributed by atoms with Crippen LogP contribution in [0.25, 0.3) is 0 Å². The Balaban J connectivity index is 2.33. The van der Waals surface area contributed by atoms with Crippen LogP contribution in [-0.4, -0.2) is 41.3 Å². The van der Waals surface area contributed by atoms with Gasteiger partial charge in [-0.1, -0.05) is 18.2 Å². The fraction of sp³-hybridized carbons (Fsp3) is 0.500. The van der Waals surface area contributed by atoms with E-state index in [4.69, 9.17) is 4.74 Å². The predicted octanol–water partition coefficient (Wildman–Crippen LogP) is 2.56. The lowest BCUT2D eigenvalue weighted by atomic mass is 10.1. The maximum atomic E-state index is 12.0. The smallest absolute Gasteiger partial charge is 0.407 e. The fourth-order valence-electron chi connectivity index (χ4n) is 2.07. The van der Waals surface area contributed by atoms with E-state index >= 15 is 0 Å². The third-order valence-electron chi connectivity index (χ3n) is 3.23. The van der Waals surface area contributed by atoms with Gasteiger partial charge in [0.15, 0.2) is 0 Å². The molecule has 1 aromatic rings. The number of ether oxygens (including phenoxy) is 1. The highest BCUT2D eigenvalue weighted by Crippen LogP contribution is 2.07. The SMILES string of the molecule is CC(C)(C)OC(=O)NCCCCC(NC(=O)c1ccccc1)C(=O)O. The van der Waals surface area contributed by atoms with Crippen molar-refractivity contribution in [2.75, 3.05) is 6.54 Å². The molecule has 3 N–H and O–H groups in total. The number of carboxylic acids is 1. The second-order valence-corrected chi connectivity index (χ2v) is 6.65. The third-order valence-corrected chi connectivity index (χ3v) is 3.23. The lowest BCUT2D eigenvalue weighted by Gasteiger charge is -2.19. The first-order valence-electron chi connectivity index (χ1n) is 8.24. The van der Waals surface area contributed by atoms with Crippen LogP contribution in [0.3, 0.4) is 0 Å². The van der Waals surface area contributed by atoms with E-state index in [1.54, 1.807) is 51.1 Å². The highest BCUT2D eigenvalue weighted by Gasteiger charge is 2.20. The van der Waals surface area contributed by atoms with Gasteiger partial charge in [0, 0.05) is 12.1 Å². The summed E-state index contributed by atoms with van der Waals surface area (Å²) in [7, 11) is 0. The van der Waals surface area contributed by atoms with Gasteiger partial charge < -0.3 is 20.5 Å². The molecule has 0 fully saturated rings. The molecule has 0 spiro atoms. The Labute approximate surface area is 147 Å². The molecule has 0 aliphatic heterocycles. The monoisotopic (exact) mass is 350 g/mol. The van der Waals surface area contributed by atoms with Gasteiger partial charge in [0.25, 0.3) is 5.91 Å². The first-order valence-corrected chi connectivity index (χ1v) is 8.24. The molecule has 25 heavy (non-hydrogen) atoms. The van der Waals surface area contributed by atoms with Gasteiger partial charge >= 0.3 is 12.1 Å². The van der Waals surface area contributed by atoms with Gasteiger partial charge in [-0.3, -0.25) is 4.79 Å². The highest BCUT2D eigenvalue weighted by atomic mass is 16.6. The predicted molar refractivity (Wildman–Crippen MR) is 93.4 cm³/mol. The molecule has 0 saturated heterocycles. The van der Waals surface area contributed by atoms with E-state index in [0.717, 1.165) is 0 Å². The quantitative estimate of drug-likeness (QED) is 0.625. The zero-order chi connectivity index (χ0) is 18.9. The lowest BCUT2D eigenvalue weighted by Crippen LogP contribution is -2.40. The standard InChI is InChI=1S/C18H26N2O5/c1-18(2,3)25-17(24)19-12-8-7-11-14(16(22)23)20-15(21)13-9-5-4-6-10-13/h4-6,9-10,14H,7-8,11-12H2,1-3H3,(H,19,24)(H,20,21)(H,22,23). The molecule has 138 valence electrons. The maximum Gasteiger partial charge on any atom is 0.407 e. The van der Waals surface area contributed by atoms with Crippen molar-refractivity contribution >= 4 is 18.0 Å². The van der Waals surface area contributed by atoms with E-state index in [-0.39, 0.29) is 6.42 Å². The molecule has 0 heterocycles. The van der Waals surface area contributed by atoms with Gasteiger partial charge in [-0.15, -0.1) is 0 Å². The van der Waals surface area contributed by atoms with Crippen molar-refractivity contribution in [2.24, 2.45) is 0 Å². The summed E-state index contributed by atoms with van der Waals surface area (Å²) in [5.41, 5.74) is -0.138. The summed E-state index contributed by atoms with van der Waals surface area (Å²) in [6, 6.07) is 7.50. The Morgan fingerprint density at radius 3 is 2.32 bits per heavy atom. The number of hydrogen-bond donors (Lipinski definition) is 3.